The van der Waals surface area contributed by atoms with Crippen molar-refractivity contribution < 1.29 is 9.90 Å². The molecular weight excluding hydrogens is 338 g/mol. The molecule has 7 heteroatoms. The first-order valence-corrected chi connectivity index (χ1v) is 9.84. The van der Waals surface area contributed by atoms with E-state index in [0.717, 1.165) is 48.1 Å². The number of aromatic nitrogens is 2. The minimum atomic E-state index is -0.895. The van der Waals surface area contributed by atoms with Gasteiger partial charge in [0.1, 0.15) is 10.7 Å². The summed E-state index contributed by atoms with van der Waals surface area (Å²) < 4.78 is 1.59. The van der Waals surface area contributed by atoms with Crippen LogP contribution in [0, 0.1) is 0 Å². The summed E-state index contributed by atoms with van der Waals surface area (Å²) >= 11 is 1.64. The molecule has 0 spiro atoms. The topological polar surface area (TPSA) is 75.4 Å². The van der Waals surface area contributed by atoms with Gasteiger partial charge in [0.2, 0.25) is 0 Å². The van der Waals surface area contributed by atoms with E-state index in [4.69, 9.17) is 10.1 Å². The predicted molar refractivity (Wildman–Crippen MR) is 99.4 cm³/mol. The van der Waals surface area contributed by atoms with Crippen LogP contribution in [0.15, 0.2) is 4.79 Å². The summed E-state index contributed by atoms with van der Waals surface area (Å²) in [5.74, 6) is -0.214. The molecule has 0 unspecified atom stereocenters. The van der Waals surface area contributed by atoms with Crippen molar-refractivity contribution in [2.45, 2.75) is 59.0 Å². The Bertz CT molecular complexity index is 836. The van der Waals surface area contributed by atoms with Crippen molar-refractivity contribution in [2.75, 3.05) is 13.1 Å². The van der Waals surface area contributed by atoms with Gasteiger partial charge in [-0.25, -0.2) is 4.98 Å². The molecule has 0 atom stereocenters. The molecule has 1 N–H and O–H groups in total. The first-order chi connectivity index (χ1) is 12.0. The lowest BCUT2D eigenvalue weighted by molar-refractivity contribution is -0.137. The molecule has 3 rings (SSSR count). The van der Waals surface area contributed by atoms with Gasteiger partial charge >= 0.3 is 5.97 Å². The lowest BCUT2D eigenvalue weighted by atomic mass is 9.97. The summed E-state index contributed by atoms with van der Waals surface area (Å²) in [6.07, 6.45) is 4.16. The molecule has 136 valence electrons. The van der Waals surface area contributed by atoms with Gasteiger partial charge in [0.05, 0.1) is 18.4 Å². The van der Waals surface area contributed by atoms with E-state index in [1.807, 2.05) is 0 Å². The van der Waals surface area contributed by atoms with Crippen LogP contribution in [0.3, 0.4) is 0 Å². The number of carboxylic acids is 1. The van der Waals surface area contributed by atoms with Crippen molar-refractivity contribution in [3.05, 3.63) is 26.6 Å². The number of carbonyl (C=O) groups is 1. The smallest absolute Gasteiger partial charge is 0.305 e. The minimum absolute atomic E-state index is 0.0622. The van der Waals surface area contributed by atoms with Crippen LogP contribution in [0.4, 0.5) is 0 Å². The Morgan fingerprint density at radius 3 is 2.68 bits per heavy atom. The average Bonchev–Trinajstić information content (AvgIpc) is 2.97. The van der Waals surface area contributed by atoms with Crippen LogP contribution in [0.2, 0.25) is 0 Å². The molecule has 0 saturated carbocycles. The van der Waals surface area contributed by atoms with Crippen LogP contribution in [-0.4, -0.2) is 38.6 Å². The maximum absolute atomic E-state index is 13.2. The minimum Gasteiger partial charge on any atom is -0.481 e. The summed E-state index contributed by atoms with van der Waals surface area (Å²) in [6, 6.07) is 0. The van der Waals surface area contributed by atoms with Crippen LogP contribution in [-0.2, 0) is 30.7 Å². The molecule has 0 saturated heterocycles. The highest BCUT2D eigenvalue weighted by Crippen LogP contribution is 2.33. The number of rotatable bonds is 7. The summed E-state index contributed by atoms with van der Waals surface area (Å²) in [6.45, 7) is 6.63. The fourth-order valence-electron chi connectivity index (χ4n) is 3.49. The third-order valence-corrected chi connectivity index (χ3v) is 6.15. The van der Waals surface area contributed by atoms with Crippen molar-refractivity contribution in [2.24, 2.45) is 0 Å². The van der Waals surface area contributed by atoms with Gasteiger partial charge in [-0.3, -0.25) is 19.1 Å². The summed E-state index contributed by atoms with van der Waals surface area (Å²) in [5, 5.41) is 9.78. The molecule has 0 radical (unpaired) electrons. The van der Waals surface area contributed by atoms with Crippen LogP contribution >= 0.6 is 11.3 Å². The van der Waals surface area contributed by atoms with E-state index < -0.39 is 5.97 Å². The number of carboxylic acid groups (broad SMARTS) is 1. The molecule has 0 amide bonds. The van der Waals surface area contributed by atoms with E-state index in [1.54, 1.807) is 15.9 Å². The van der Waals surface area contributed by atoms with Gasteiger partial charge in [0.15, 0.2) is 0 Å². The van der Waals surface area contributed by atoms with E-state index >= 15 is 0 Å². The molecule has 0 aliphatic heterocycles. The Hall–Kier alpha value is -1.73. The molecule has 25 heavy (non-hydrogen) atoms. The van der Waals surface area contributed by atoms with E-state index in [1.165, 1.54) is 11.3 Å². The number of thiophene rings is 1. The monoisotopic (exact) mass is 363 g/mol. The van der Waals surface area contributed by atoms with Gasteiger partial charge in [0, 0.05) is 11.4 Å². The highest BCUT2D eigenvalue weighted by atomic mass is 32.1. The maximum atomic E-state index is 13.2. The Kier molecular flexibility index (Phi) is 5.54. The van der Waals surface area contributed by atoms with Gasteiger partial charge < -0.3 is 5.11 Å². The largest absolute Gasteiger partial charge is 0.481 e. The van der Waals surface area contributed by atoms with E-state index in [-0.39, 0.29) is 18.5 Å². The zero-order chi connectivity index (χ0) is 18.0. The number of hydrogen-bond acceptors (Lipinski definition) is 5. The van der Waals surface area contributed by atoms with Crippen molar-refractivity contribution in [1.82, 2.24) is 14.5 Å². The Morgan fingerprint density at radius 1 is 1.28 bits per heavy atom. The van der Waals surface area contributed by atoms with Gasteiger partial charge in [-0.05, 0) is 44.3 Å². The molecule has 0 fully saturated rings. The third kappa shape index (κ3) is 3.62. The molecule has 1 aliphatic carbocycles. The zero-order valence-electron chi connectivity index (χ0n) is 14.9. The van der Waals surface area contributed by atoms with Crippen molar-refractivity contribution in [3.63, 3.8) is 0 Å². The zero-order valence-corrected chi connectivity index (χ0v) is 15.7. The normalized spacial score (nSPS) is 14.2. The van der Waals surface area contributed by atoms with Crippen LogP contribution in [0.5, 0.6) is 0 Å². The third-order valence-electron chi connectivity index (χ3n) is 4.96. The average molecular weight is 363 g/mol. The lowest BCUT2D eigenvalue weighted by Crippen LogP contribution is -2.31. The lowest BCUT2D eigenvalue weighted by Gasteiger charge is -2.20. The number of hydrogen-bond donors (Lipinski definition) is 1. The quantitative estimate of drug-likeness (QED) is 0.818. The molecular formula is C18H25N3O3S. The van der Waals surface area contributed by atoms with Gasteiger partial charge in [0.25, 0.3) is 5.56 Å². The maximum Gasteiger partial charge on any atom is 0.305 e. The first kappa shape index (κ1) is 18.1. The highest BCUT2D eigenvalue weighted by molar-refractivity contribution is 7.18. The van der Waals surface area contributed by atoms with Gasteiger partial charge in [-0.15, -0.1) is 11.3 Å². The highest BCUT2D eigenvalue weighted by Gasteiger charge is 2.22. The van der Waals surface area contributed by atoms with Crippen LogP contribution < -0.4 is 5.56 Å². The first-order valence-electron chi connectivity index (χ1n) is 9.03. The number of nitrogens with zero attached hydrogens (tertiary/aromatic N) is 3. The van der Waals surface area contributed by atoms with Crippen molar-refractivity contribution >= 4 is 27.5 Å². The van der Waals surface area contributed by atoms with E-state index in [2.05, 4.69) is 18.7 Å². The fraction of sp³-hybridized carbons (Fsp3) is 0.611. The second-order valence-corrected chi connectivity index (χ2v) is 7.56. The molecule has 0 aromatic carbocycles. The van der Waals surface area contributed by atoms with E-state index in [0.29, 0.717) is 12.4 Å². The molecule has 2 aromatic heterocycles. The van der Waals surface area contributed by atoms with Crippen molar-refractivity contribution in [1.29, 1.82) is 0 Å². The van der Waals surface area contributed by atoms with Gasteiger partial charge in [-0.2, -0.15) is 0 Å². The van der Waals surface area contributed by atoms with E-state index in [9.17, 15) is 9.59 Å². The Labute approximate surface area is 151 Å². The number of aryl methyl sites for hydroxylation is 2. The molecule has 2 aromatic rings. The van der Waals surface area contributed by atoms with Gasteiger partial charge in [-0.1, -0.05) is 13.8 Å². The molecule has 1 aliphatic rings. The fourth-order valence-corrected chi connectivity index (χ4v) is 4.76. The number of fused-ring (bicyclic) bond motifs is 3. The standard InChI is InChI=1S/C18H25N3O3S/c1-3-20(4-2)11-14-19-17-16(12-7-5-6-8-13(12)25-17)18(24)21(14)10-9-15(22)23/h3-11H2,1-2H3,(H,22,23). The second kappa shape index (κ2) is 7.66. The predicted octanol–water partition coefficient (Wildman–Crippen LogP) is 2.65. The Balaban J connectivity index is 2.13. The van der Waals surface area contributed by atoms with Crippen molar-refractivity contribution in [3.8, 4) is 0 Å². The molecule has 2 heterocycles. The summed E-state index contributed by atoms with van der Waals surface area (Å²) in [4.78, 5) is 33.3. The molecule has 6 nitrogen and oxygen atoms in total. The summed E-state index contributed by atoms with van der Waals surface area (Å²) in [7, 11) is 0. The SMILES string of the molecule is CCN(CC)Cc1nc2sc3c(c2c(=O)n1CCC(=O)O)CCCC3. The Morgan fingerprint density at radius 2 is 2.00 bits per heavy atom. The second-order valence-electron chi connectivity index (χ2n) is 6.48. The number of aliphatic carboxylic acids is 1. The van der Waals surface area contributed by atoms with Crippen LogP contribution in [0.25, 0.3) is 10.2 Å². The van der Waals surface area contributed by atoms with Crippen LogP contribution in [0.1, 0.15) is 49.4 Å². The molecule has 0 bridgehead atoms. The summed E-state index contributed by atoms with van der Waals surface area (Å²) in [5.41, 5.74) is 1.09.